The molecule has 0 radical (unpaired) electrons. The predicted molar refractivity (Wildman–Crippen MR) is 115 cm³/mol. The van der Waals surface area contributed by atoms with Gasteiger partial charge in [-0.05, 0) is 38.3 Å². The lowest BCUT2D eigenvalue weighted by Gasteiger charge is -2.22. The summed E-state index contributed by atoms with van der Waals surface area (Å²) in [7, 11) is -0.198. The summed E-state index contributed by atoms with van der Waals surface area (Å²) in [6, 6.07) is 5.43. The number of hydrogen-bond donors (Lipinski definition) is 3. The van der Waals surface area contributed by atoms with Crippen LogP contribution in [0.4, 0.5) is 5.69 Å². The van der Waals surface area contributed by atoms with Gasteiger partial charge in [-0.1, -0.05) is 0 Å². The molecule has 164 valence electrons. The Balaban J connectivity index is 1.81. The number of rotatable bonds is 10. The average molecular weight is 429 g/mol. The Morgan fingerprint density at radius 3 is 2.79 bits per heavy atom. The topological polar surface area (TPSA) is 110 Å². The van der Waals surface area contributed by atoms with E-state index < -0.39 is 10.0 Å². The second-order valence-electron chi connectivity index (χ2n) is 6.58. The van der Waals surface area contributed by atoms with Crippen molar-refractivity contribution in [2.24, 2.45) is 4.99 Å². The summed E-state index contributed by atoms with van der Waals surface area (Å²) in [5, 5.41) is 6.12. The highest BCUT2D eigenvalue weighted by atomic mass is 32.2. The third-order valence-corrected chi connectivity index (χ3v) is 5.77. The van der Waals surface area contributed by atoms with E-state index in [1.54, 1.807) is 26.3 Å². The molecule has 10 heteroatoms. The average Bonchev–Trinajstić information content (AvgIpc) is 2.73. The molecule has 0 aromatic heterocycles. The molecule has 0 amide bonds. The maximum Gasteiger partial charge on any atom is 0.213 e. The number of hydrogen-bond acceptors (Lipinski definition) is 6. The number of sulfonamides is 1. The number of ether oxygens (including phenoxy) is 3. The van der Waals surface area contributed by atoms with Crippen molar-refractivity contribution < 1.29 is 22.6 Å². The summed E-state index contributed by atoms with van der Waals surface area (Å²) >= 11 is 0. The van der Waals surface area contributed by atoms with E-state index in [2.05, 4.69) is 20.3 Å². The van der Waals surface area contributed by atoms with E-state index in [4.69, 9.17) is 14.2 Å². The third kappa shape index (κ3) is 8.08. The van der Waals surface area contributed by atoms with Crippen molar-refractivity contribution in [3.8, 4) is 11.5 Å². The molecule has 9 nitrogen and oxygen atoms in total. The Hall–Kier alpha value is -2.04. The van der Waals surface area contributed by atoms with E-state index in [-0.39, 0.29) is 18.4 Å². The zero-order valence-electron chi connectivity index (χ0n) is 17.4. The Kier molecular flexibility index (Phi) is 9.49. The summed E-state index contributed by atoms with van der Waals surface area (Å²) in [6.07, 6.45) is 2.98. The summed E-state index contributed by atoms with van der Waals surface area (Å²) in [5.41, 5.74) is 0.744. The normalized spacial score (nSPS) is 17.6. The zero-order valence-corrected chi connectivity index (χ0v) is 18.2. The first-order chi connectivity index (χ1) is 14.0. The highest BCUT2D eigenvalue weighted by Crippen LogP contribution is 2.30. The van der Waals surface area contributed by atoms with E-state index in [9.17, 15) is 8.42 Å². The molecule has 2 rings (SSSR count). The molecule has 0 spiro atoms. The first kappa shape index (κ1) is 23.2. The molecule has 1 aliphatic heterocycles. The second kappa shape index (κ2) is 11.8. The third-order valence-electron chi connectivity index (χ3n) is 4.42. The van der Waals surface area contributed by atoms with Gasteiger partial charge in [0.2, 0.25) is 10.0 Å². The minimum Gasteiger partial charge on any atom is -0.493 e. The highest BCUT2D eigenvalue weighted by Gasteiger charge is 2.17. The van der Waals surface area contributed by atoms with E-state index in [0.29, 0.717) is 37.2 Å². The predicted octanol–water partition coefficient (Wildman–Crippen LogP) is 1.57. The quantitative estimate of drug-likeness (QED) is 0.383. The minimum absolute atomic E-state index is 0.0319. The van der Waals surface area contributed by atoms with Crippen LogP contribution >= 0.6 is 0 Å². The Morgan fingerprint density at radius 1 is 1.31 bits per heavy atom. The van der Waals surface area contributed by atoms with E-state index in [0.717, 1.165) is 24.9 Å². The molecule has 1 aromatic carbocycles. The minimum atomic E-state index is -3.39. The molecule has 1 heterocycles. The van der Waals surface area contributed by atoms with Crippen molar-refractivity contribution >= 4 is 21.7 Å². The van der Waals surface area contributed by atoms with E-state index in [1.165, 1.54) is 0 Å². The molecule has 1 fully saturated rings. The zero-order chi connectivity index (χ0) is 21.1. The van der Waals surface area contributed by atoms with Crippen LogP contribution in [-0.4, -0.2) is 66.7 Å². The van der Waals surface area contributed by atoms with E-state index >= 15 is 0 Å². The van der Waals surface area contributed by atoms with Gasteiger partial charge in [-0.15, -0.1) is 0 Å². The number of benzene rings is 1. The fraction of sp³-hybridized carbons (Fsp3) is 0.632. The number of aliphatic imine (C=N–C) groups is 1. The van der Waals surface area contributed by atoms with Crippen LogP contribution < -0.4 is 24.8 Å². The molecule has 1 atom stereocenters. The fourth-order valence-corrected chi connectivity index (χ4v) is 3.86. The lowest BCUT2D eigenvalue weighted by atomic mass is 10.1. The molecule has 0 saturated carbocycles. The lowest BCUT2D eigenvalue weighted by Crippen LogP contribution is -2.40. The van der Waals surface area contributed by atoms with Crippen LogP contribution in [0.25, 0.3) is 0 Å². The molecule has 1 saturated heterocycles. The van der Waals surface area contributed by atoms with Gasteiger partial charge in [0.15, 0.2) is 17.5 Å². The maximum atomic E-state index is 12.2. The van der Waals surface area contributed by atoms with Crippen molar-refractivity contribution in [3.05, 3.63) is 18.2 Å². The first-order valence-corrected chi connectivity index (χ1v) is 11.5. The number of guanidine groups is 1. The molecule has 1 aromatic rings. The molecule has 0 bridgehead atoms. The van der Waals surface area contributed by atoms with Gasteiger partial charge in [-0.2, -0.15) is 0 Å². The van der Waals surface area contributed by atoms with Crippen LogP contribution in [0.1, 0.15) is 26.2 Å². The fourth-order valence-electron chi connectivity index (χ4n) is 2.90. The monoisotopic (exact) mass is 428 g/mol. The molecular weight excluding hydrogens is 396 g/mol. The summed E-state index contributed by atoms with van der Waals surface area (Å²) in [4.78, 5) is 4.12. The summed E-state index contributed by atoms with van der Waals surface area (Å²) in [6.45, 7) is 3.69. The Labute approximate surface area is 173 Å². The molecule has 29 heavy (non-hydrogen) atoms. The number of methoxy groups -OCH3 is 1. The maximum absolute atomic E-state index is 12.2. The van der Waals surface area contributed by atoms with Gasteiger partial charge >= 0.3 is 0 Å². The van der Waals surface area contributed by atoms with Crippen molar-refractivity contribution in [1.29, 1.82) is 0 Å². The lowest BCUT2D eigenvalue weighted by molar-refractivity contribution is 0.0200. The van der Waals surface area contributed by atoms with Crippen LogP contribution in [-0.2, 0) is 14.8 Å². The van der Waals surface area contributed by atoms with E-state index in [1.807, 2.05) is 13.0 Å². The molecule has 3 N–H and O–H groups in total. The summed E-state index contributed by atoms with van der Waals surface area (Å²) in [5.74, 6) is 1.65. The van der Waals surface area contributed by atoms with Crippen LogP contribution in [0.5, 0.6) is 11.5 Å². The molecule has 1 aliphatic rings. The van der Waals surface area contributed by atoms with Crippen molar-refractivity contribution in [1.82, 2.24) is 10.0 Å². The highest BCUT2D eigenvalue weighted by molar-refractivity contribution is 7.89. The van der Waals surface area contributed by atoms with Gasteiger partial charge in [0.1, 0.15) is 0 Å². The van der Waals surface area contributed by atoms with Crippen LogP contribution in [0.2, 0.25) is 0 Å². The van der Waals surface area contributed by atoms with Crippen LogP contribution in [0.15, 0.2) is 23.2 Å². The van der Waals surface area contributed by atoms with Gasteiger partial charge < -0.3 is 24.8 Å². The van der Waals surface area contributed by atoms with Gasteiger partial charge in [0.25, 0.3) is 0 Å². The Bertz CT molecular complexity index is 764. The standard InChI is InChI=1S/C19H32N4O5S/c1-4-27-17-9-8-15(13-18(17)26-3)23-19(20-2)21-10-12-29(24,25)22-14-16-7-5-6-11-28-16/h8-9,13,16,22H,4-7,10-12,14H2,1-3H3,(H2,20,21,23). The second-order valence-corrected chi connectivity index (χ2v) is 8.50. The number of nitrogens with one attached hydrogen (secondary N) is 3. The molecule has 0 aliphatic carbocycles. The SMILES string of the molecule is CCOc1ccc(NC(=NC)NCCS(=O)(=O)NCC2CCCCO2)cc1OC. The van der Waals surface area contributed by atoms with Crippen LogP contribution in [0.3, 0.4) is 0 Å². The largest absolute Gasteiger partial charge is 0.493 e. The first-order valence-electron chi connectivity index (χ1n) is 9.85. The smallest absolute Gasteiger partial charge is 0.213 e. The van der Waals surface area contributed by atoms with Gasteiger partial charge in [-0.3, -0.25) is 4.99 Å². The van der Waals surface area contributed by atoms with Crippen molar-refractivity contribution in [2.45, 2.75) is 32.3 Å². The molecular formula is C19H32N4O5S. The van der Waals surface area contributed by atoms with Crippen molar-refractivity contribution in [2.75, 3.05) is 51.5 Å². The number of anilines is 1. The summed E-state index contributed by atoms with van der Waals surface area (Å²) < 4.78 is 43.4. The van der Waals surface area contributed by atoms with Gasteiger partial charge in [-0.25, -0.2) is 13.1 Å². The molecule has 1 unspecified atom stereocenters. The number of nitrogens with zero attached hydrogens (tertiary/aromatic N) is 1. The van der Waals surface area contributed by atoms with Gasteiger partial charge in [0.05, 0.1) is 25.6 Å². The van der Waals surface area contributed by atoms with Crippen LogP contribution in [0, 0.1) is 0 Å². The van der Waals surface area contributed by atoms with Crippen molar-refractivity contribution in [3.63, 3.8) is 0 Å². The van der Waals surface area contributed by atoms with Gasteiger partial charge in [0, 0.05) is 38.5 Å². The Morgan fingerprint density at radius 2 is 2.14 bits per heavy atom.